The largest absolute Gasteiger partial charge is 0.465 e. The highest BCUT2D eigenvalue weighted by molar-refractivity contribution is 9.10. The van der Waals surface area contributed by atoms with E-state index in [-0.39, 0.29) is 11.4 Å². The van der Waals surface area contributed by atoms with Crippen LogP contribution in [-0.4, -0.2) is 52.1 Å². The fourth-order valence-electron chi connectivity index (χ4n) is 3.72. The Kier molecular flexibility index (Phi) is 4.56. The predicted octanol–water partition coefficient (Wildman–Crippen LogP) is 3.85. The lowest BCUT2D eigenvalue weighted by atomic mass is 9.84. The molecule has 2 heterocycles. The van der Waals surface area contributed by atoms with Crippen molar-refractivity contribution in [2.45, 2.75) is 31.2 Å². The van der Waals surface area contributed by atoms with Crippen LogP contribution in [-0.2, 0) is 0 Å². The Bertz CT molecular complexity index is 624. The van der Waals surface area contributed by atoms with Crippen molar-refractivity contribution in [1.29, 1.82) is 0 Å². The smallest absolute Gasteiger partial charge is 0.407 e. The second-order valence-electron chi connectivity index (χ2n) is 6.21. The second-order valence-corrected chi connectivity index (χ2v) is 7.56. The molecule has 1 aromatic rings. The molecule has 2 aliphatic heterocycles. The monoisotopic (exact) mass is 400 g/mol. The number of amides is 2. The number of benzene rings is 1. The van der Waals surface area contributed by atoms with E-state index in [4.69, 9.17) is 16.7 Å². The van der Waals surface area contributed by atoms with Crippen molar-refractivity contribution in [1.82, 2.24) is 9.80 Å². The maximum absolute atomic E-state index is 13.0. The van der Waals surface area contributed by atoms with E-state index < -0.39 is 6.09 Å². The zero-order valence-electron chi connectivity index (χ0n) is 12.6. The molecule has 0 radical (unpaired) electrons. The third-order valence-corrected chi connectivity index (χ3v) is 5.59. The minimum absolute atomic E-state index is 0.0190. The van der Waals surface area contributed by atoms with E-state index in [1.165, 1.54) is 4.90 Å². The summed E-state index contributed by atoms with van der Waals surface area (Å²) >= 11 is 9.43. The van der Waals surface area contributed by atoms with Gasteiger partial charge in [-0.15, -0.1) is 0 Å². The molecule has 23 heavy (non-hydrogen) atoms. The Balaban J connectivity index is 1.81. The summed E-state index contributed by atoms with van der Waals surface area (Å²) < 4.78 is 0.780. The van der Waals surface area contributed by atoms with Crippen LogP contribution in [0, 0.1) is 0 Å². The summed E-state index contributed by atoms with van der Waals surface area (Å²) in [6.07, 6.45) is 2.42. The fourth-order valence-corrected chi connectivity index (χ4v) is 4.58. The maximum atomic E-state index is 13.0. The summed E-state index contributed by atoms with van der Waals surface area (Å²) in [5.41, 5.74) is 0.365. The van der Waals surface area contributed by atoms with E-state index in [1.54, 1.807) is 18.2 Å². The first kappa shape index (κ1) is 16.6. The Morgan fingerprint density at radius 3 is 2.43 bits per heavy atom. The molecule has 0 bridgehead atoms. The van der Waals surface area contributed by atoms with Gasteiger partial charge in [-0.05, 0) is 43.9 Å². The van der Waals surface area contributed by atoms with Crippen LogP contribution in [0.25, 0.3) is 0 Å². The summed E-state index contributed by atoms with van der Waals surface area (Å²) in [5, 5.41) is 9.63. The number of carbonyl (C=O) groups excluding carboxylic acids is 1. The van der Waals surface area contributed by atoms with Gasteiger partial charge in [0.1, 0.15) is 0 Å². The molecule has 0 aromatic heterocycles. The minimum atomic E-state index is -0.880. The molecule has 0 atom stereocenters. The molecule has 0 saturated carbocycles. The van der Waals surface area contributed by atoms with Crippen molar-refractivity contribution in [3.63, 3.8) is 0 Å². The van der Waals surface area contributed by atoms with E-state index >= 15 is 0 Å². The van der Waals surface area contributed by atoms with E-state index in [0.717, 1.165) is 23.9 Å². The van der Waals surface area contributed by atoms with Crippen LogP contribution < -0.4 is 0 Å². The SMILES string of the molecule is O=C(O)N1CCC2(CCCN2C(=O)c2cc(Cl)cc(Br)c2)CC1. The quantitative estimate of drug-likeness (QED) is 0.777. The number of halogens is 2. The Morgan fingerprint density at radius 1 is 1.13 bits per heavy atom. The Labute approximate surface area is 148 Å². The summed E-state index contributed by atoms with van der Waals surface area (Å²) in [7, 11) is 0. The minimum Gasteiger partial charge on any atom is -0.465 e. The molecule has 2 saturated heterocycles. The molecular formula is C16H18BrClN2O3. The van der Waals surface area contributed by atoms with Crippen LogP contribution in [0.15, 0.2) is 22.7 Å². The first-order valence-corrected chi connectivity index (χ1v) is 8.84. The fraction of sp³-hybridized carbons (Fsp3) is 0.500. The number of carbonyl (C=O) groups is 2. The van der Waals surface area contributed by atoms with Crippen molar-refractivity contribution in [3.8, 4) is 0 Å². The normalized spacial score (nSPS) is 20.1. The van der Waals surface area contributed by atoms with Crippen LogP contribution in [0.5, 0.6) is 0 Å². The third-order valence-electron chi connectivity index (χ3n) is 4.92. The molecule has 2 aliphatic rings. The average Bonchev–Trinajstić information content (AvgIpc) is 2.89. The Morgan fingerprint density at radius 2 is 1.83 bits per heavy atom. The zero-order chi connectivity index (χ0) is 16.6. The lowest BCUT2D eigenvalue weighted by Crippen LogP contribution is -2.54. The highest BCUT2D eigenvalue weighted by Crippen LogP contribution is 2.39. The second kappa shape index (κ2) is 6.32. The van der Waals surface area contributed by atoms with Gasteiger partial charge in [-0.25, -0.2) is 4.79 Å². The topological polar surface area (TPSA) is 60.9 Å². The van der Waals surface area contributed by atoms with Crippen LogP contribution in [0.1, 0.15) is 36.0 Å². The van der Waals surface area contributed by atoms with Crippen molar-refractivity contribution in [3.05, 3.63) is 33.3 Å². The number of hydrogen-bond acceptors (Lipinski definition) is 2. The summed E-state index contributed by atoms with van der Waals surface area (Å²) in [4.78, 5) is 27.4. The molecule has 1 N–H and O–H groups in total. The predicted molar refractivity (Wildman–Crippen MR) is 91.0 cm³/mol. The molecule has 0 aliphatic carbocycles. The van der Waals surface area contributed by atoms with E-state index in [1.807, 2.05) is 4.90 Å². The van der Waals surface area contributed by atoms with Crippen molar-refractivity contribution in [2.24, 2.45) is 0 Å². The van der Waals surface area contributed by atoms with Gasteiger partial charge < -0.3 is 14.9 Å². The van der Waals surface area contributed by atoms with Gasteiger partial charge in [0.15, 0.2) is 0 Å². The molecule has 2 amide bonds. The van der Waals surface area contributed by atoms with Gasteiger partial charge in [-0.1, -0.05) is 27.5 Å². The van der Waals surface area contributed by atoms with Gasteiger partial charge in [0.05, 0.1) is 0 Å². The number of carboxylic acid groups (broad SMARTS) is 1. The number of likely N-dealkylation sites (tertiary alicyclic amines) is 2. The molecule has 124 valence electrons. The number of piperidine rings is 1. The summed E-state index contributed by atoms with van der Waals surface area (Å²) in [5.74, 6) is -0.0190. The molecule has 5 nitrogen and oxygen atoms in total. The summed E-state index contributed by atoms with van der Waals surface area (Å²) in [6.45, 7) is 1.69. The van der Waals surface area contributed by atoms with Crippen LogP contribution in [0.3, 0.4) is 0 Å². The third kappa shape index (κ3) is 3.19. The lowest BCUT2D eigenvalue weighted by molar-refractivity contribution is 0.0381. The van der Waals surface area contributed by atoms with Crippen LogP contribution in [0.2, 0.25) is 5.02 Å². The lowest BCUT2D eigenvalue weighted by Gasteiger charge is -2.44. The van der Waals surface area contributed by atoms with Gasteiger partial charge >= 0.3 is 6.09 Å². The molecule has 1 aromatic carbocycles. The number of nitrogens with zero attached hydrogens (tertiary/aromatic N) is 2. The zero-order valence-corrected chi connectivity index (χ0v) is 14.9. The number of rotatable bonds is 1. The molecular weight excluding hydrogens is 384 g/mol. The summed E-state index contributed by atoms with van der Waals surface area (Å²) in [6, 6.07) is 5.23. The molecule has 0 unspecified atom stereocenters. The van der Waals surface area contributed by atoms with Gasteiger partial charge in [0.2, 0.25) is 0 Å². The maximum Gasteiger partial charge on any atom is 0.407 e. The molecule has 1 spiro atoms. The van der Waals surface area contributed by atoms with Gasteiger partial charge in [-0.3, -0.25) is 4.79 Å². The van der Waals surface area contributed by atoms with Crippen molar-refractivity contribution in [2.75, 3.05) is 19.6 Å². The molecule has 2 fully saturated rings. The van der Waals surface area contributed by atoms with Crippen LogP contribution in [0.4, 0.5) is 4.79 Å². The molecule has 3 rings (SSSR count). The van der Waals surface area contributed by atoms with Gasteiger partial charge in [-0.2, -0.15) is 0 Å². The van der Waals surface area contributed by atoms with E-state index in [2.05, 4.69) is 15.9 Å². The first-order chi connectivity index (χ1) is 10.9. The van der Waals surface area contributed by atoms with Crippen LogP contribution >= 0.6 is 27.5 Å². The van der Waals surface area contributed by atoms with E-state index in [9.17, 15) is 9.59 Å². The van der Waals surface area contributed by atoms with E-state index in [0.29, 0.717) is 36.5 Å². The van der Waals surface area contributed by atoms with Crippen molar-refractivity contribution < 1.29 is 14.7 Å². The highest BCUT2D eigenvalue weighted by Gasteiger charge is 2.46. The number of hydrogen-bond donors (Lipinski definition) is 1. The standard InChI is InChI=1S/C16H18BrClN2O3/c17-12-8-11(9-13(18)10-12)14(21)20-5-1-2-16(20)3-6-19(7-4-16)15(22)23/h8-10H,1-7H2,(H,22,23). The first-order valence-electron chi connectivity index (χ1n) is 7.67. The molecule has 7 heteroatoms. The van der Waals surface area contributed by atoms with Gasteiger partial charge in [0.25, 0.3) is 5.91 Å². The van der Waals surface area contributed by atoms with Crippen molar-refractivity contribution >= 4 is 39.5 Å². The Hall–Kier alpha value is -1.27. The average molecular weight is 402 g/mol. The van der Waals surface area contributed by atoms with Gasteiger partial charge in [0, 0.05) is 40.2 Å². The highest BCUT2D eigenvalue weighted by atomic mass is 79.9.